The van der Waals surface area contributed by atoms with Crippen LogP contribution in [0.1, 0.15) is 5.56 Å². The summed E-state index contributed by atoms with van der Waals surface area (Å²) < 4.78 is 0. The number of phenols is 3. The fourth-order valence-electron chi connectivity index (χ4n) is 2.06. The summed E-state index contributed by atoms with van der Waals surface area (Å²) in [6, 6.07) is 7.30. The predicted octanol–water partition coefficient (Wildman–Crippen LogP) is 1.63. The molecule has 0 bridgehead atoms. The first-order chi connectivity index (χ1) is 9.95. The van der Waals surface area contributed by atoms with Crippen molar-refractivity contribution >= 4 is 16.9 Å². The molecule has 2 aromatic carbocycles. The summed E-state index contributed by atoms with van der Waals surface area (Å²) in [5.74, 6) is -0.702. The lowest BCUT2D eigenvalue weighted by molar-refractivity contribution is 0.397. The van der Waals surface area contributed by atoms with Crippen LogP contribution in [-0.2, 0) is 0 Å². The van der Waals surface area contributed by atoms with E-state index in [1.54, 1.807) is 18.2 Å². The van der Waals surface area contributed by atoms with Gasteiger partial charge in [0.1, 0.15) is 17.4 Å². The van der Waals surface area contributed by atoms with Gasteiger partial charge in [0.25, 0.3) is 0 Å². The minimum Gasteiger partial charge on any atom is -0.507 e. The Balaban J connectivity index is 2.17. The number of aromatic nitrogens is 2. The van der Waals surface area contributed by atoms with E-state index in [1.807, 2.05) is 0 Å². The number of rotatable bonds is 2. The normalized spacial score (nSPS) is 10.9. The van der Waals surface area contributed by atoms with Gasteiger partial charge in [-0.25, -0.2) is 4.98 Å². The SMILES string of the molecule is N=C(N)c1ccc2nc(-c3cc(O)c(O)cc3O)[nH]c2c1. The molecule has 0 saturated heterocycles. The molecule has 0 atom stereocenters. The zero-order valence-electron chi connectivity index (χ0n) is 10.8. The number of phenolic OH excluding ortho intramolecular Hbond substituents is 3. The molecule has 3 rings (SSSR count). The molecule has 0 radical (unpaired) electrons. The molecule has 0 fully saturated rings. The van der Waals surface area contributed by atoms with Gasteiger partial charge in [-0.3, -0.25) is 5.41 Å². The number of nitrogen functional groups attached to an aromatic ring is 1. The summed E-state index contributed by atoms with van der Waals surface area (Å²) >= 11 is 0. The molecule has 7 heteroatoms. The van der Waals surface area contributed by atoms with Crippen LogP contribution in [0.2, 0.25) is 0 Å². The molecule has 7 N–H and O–H groups in total. The molecule has 0 spiro atoms. The summed E-state index contributed by atoms with van der Waals surface area (Å²) in [7, 11) is 0. The smallest absolute Gasteiger partial charge is 0.161 e. The quantitative estimate of drug-likeness (QED) is 0.184. The van der Waals surface area contributed by atoms with Gasteiger partial charge < -0.3 is 26.0 Å². The van der Waals surface area contributed by atoms with Crippen LogP contribution < -0.4 is 5.73 Å². The third-order valence-corrected chi connectivity index (χ3v) is 3.14. The van der Waals surface area contributed by atoms with Crippen LogP contribution in [-0.4, -0.2) is 31.1 Å². The van der Waals surface area contributed by atoms with Gasteiger partial charge in [-0.05, 0) is 24.3 Å². The van der Waals surface area contributed by atoms with E-state index in [0.29, 0.717) is 22.4 Å². The summed E-state index contributed by atoms with van der Waals surface area (Å²) in [4.78, 5) is 7.27. The lowest BCUT2D eigenvalue weighted by atomic mass is 10.1. The second kappa shape index (κ2) is 4.41. The van der Waals surface area contributed by atoms with Crippen molar-refractivity contribution in [2.24, 2.45) is 5.73 Å². The first-order valence-corrected chi connectivity index (χ1v) is 6.05. The number of nitrogens with one attached hydrogen (secondary N) is 2. The van der Waals surface area contributed by atoms with E-state index in [4.69, 9.17) is 11.1 Å². The molecule has 0 unspecified atom stereocenters. The van der Waals surface area contributed by atoms with Gasteiger partial charge in [-0.1, -0.05) is 0 Å². The van der Waals surface area contributed by atoms with Crippen LogP contribution in [0.4, 0.5) is 0 Å². The standard InChI is InChI=1S/C14H12N4O3/c15-13(16)6-1-2-8-9(3-6)18-14(17-8)7-4-11(20)12(21)5-10(7)19/h1-5,19-21H,(H3,15,16)(H,17,18). The Kier molecular flexibility index (Phi) is 2.69. The summed E-state index contributed by atoms with van der Waals surface area (Å²) in [6.45, 7) is 0. The van der Waals surface area contributed by atoms with E-state index >= 15 is 0 Å². The summed E-state index contributed by atoms with van der Waals surface area (Å²) in [5.41, 5.74) is 7.51. The van der Waals surface area contributed by atoms with Crippen molar-refractivity contribution in [2.45, 2.75) is 0 Å². The van der Waals surface area contributed by atoms with E-state index in [1.165, 1.54) is 6.07 Å². The number of aromatic amines is 1. The van der Waals surface area contributed by atoms with Crippen molar-refractivity contribution in [3.05, 3.63) is 35.9 Å². The van der Waals surface area contributed by atoms with Gasteiger partial charge in [0.2, 0.25) is 0 Å². The molecule has 0 amide bonds. The maximum Gasteiger partial charge on any atom is 0.161 e. The van der Waals surface area contributed by atoms with Gasteiger partial charge >= 0.3 is 0 Å². The summed E-state index contributed by atoms with van der Waals surface area (Å²) in [5, 5.41) is 36.1. The molecule has 1 aromatic heterocycles. The van der Waals surface area contributed by atoms with Crippen LogP contribution in [0.25, 0.3) is 22.4 Å². The van der Waals surface area contributed by atoms with Crippen LogP contribution in [0.15, 0.2) is 30.3 Å². The van der Waals surface area contributed by atoms with Crippen molar-refractivity contribution in [3.8, 4) is 28.6 Å². The predicted molar refractivity (Wildman–Crippen MR) is 77.5 cm³/mol. The molecule has 0 aliphatic carbocycles. The summed E-state index contributed by atoms with van der Waals surface area (Å²) in [6.07, 6.45) is 0. The maximum atomic E-state index is 9.85. The zero-order valence-corrected chi connectivity index (χ0v) is 10.8. The lowest BCUT2D eigenvalue weighted by Gasteiger charge is -2.03. The van der Waals surface area contributed by atoms with Gasteiger partial charge in [-0.15, -0.1) is 0 Å². The van der Waals surface area contributed by atoms with E-state index < -0.39 is 5.75 Å². The van der Waals surface area contributed by atoms with Gasteiger partial charge in [0, 0.05) is 11.6 Å². The van der Waals surface area contributed by atoms with Crippen molar-refractivity contribution in [2.75, 3.05) is 0 Å². The highest BCUT2D eigenvalue weighted by atomic mass is 16.3. The van der Waals surface area contributed by atoms with Crippen molar-refractivity contribution in [3.63, 3.8) is 0 Å². The fraction of sp³-hybridized carbons (Fsp3) is 0. The fourth-order valence-corrected chi connectivity index (χ4v) is 2.06. The number of fused-ring (bicyclic) bond motifs is 1. The van der Waals surface area contributed by atoms with Gasteiger partial charge in [0.05, 0.1) is 16.6 Å². The lowest BCUT2D eigenvalue weighted by Crippen LogP contribution is -2.10. The Morgan fingerprint density at radius 3 is 2.48 bits per heavy atom. The number of hydrogen-bond acceptors (Lipinski definition) is 5. The molecule has 21 heavy (non-hydrogen) atoms. The molecule has 0 saturated carbocycles. The molecular weight excluding hydrogens is 272 g/mol. The Labute approximate surface area is 118 Å². The molecule has 0 aliphatic heterocycles. The highest BCUT2D eigenvalue weighted by Gasteiger charge is 2.14. The largest absolute Gasteiger partial charge is 0.507 e. The van der Waals surface area contributed by atoms with Crippen LogP contribution >= 0.6 is 0 Å². The number of nitrogens with zero attached hydrogens (tertiary/aromatic N) is 1. The number of hydrogen-bond donors (Lipinski definition) is 6. The van der Waals surface area contributed by atoms with Crippen LogP contribution in [0.3, 0.4) is 0 Å². The van der Waals surface area contributed by atoms with Gasteiger partial charge in [-0.2, -0.15) is 0 Å². The molecule has 3 aromatic rings. The number of nitrogens with two attached hydrogens (primary N) is 1. The van der Waals surface area contributed by atoms with E-state index in [9.17, 15) is 15.3 Å². The monoisotopic (exact) mass is 284 g/mol. The van der Waals surface area contributed by atoms with E-state index in [-0.39, 0.29) is 22.9 Å². The Morgan fingerprint density at radius 2 is 1.76 bits per heavy atom. The van der Waals surface area contributed by atoms with Crippen LogP contribution in [0.5, 0.6) is 17.2 Å². The van der Waals surface area contributed by atoms with Crippen molar-refractivity contribution in [1.82, 2.24) is 9.97 Å². The number of imidazole rings is 1. The highest BCUT2D eigenvalue weighted by molar-refractivity contribution is 5.98. The minimum absolute atomic E-state index is 0.0572. The zero-order chi connectivity index (χ0) is 15.1. The molecular formula is C14H12N4O3. The van der Waals surface area contributed by atoms with E-state index in [0.717, 1.165) is 6.07 Å². The first kappa shape index (κ1) is 12.8. The van der Waals surface area contributed by atoms with Crippen LogP contribution in [0, 0.1) is 5.41 Å². The number of benzene rings is 2. The Bertz CT molecular complexity index is 870. The minimum atomic E-state index is -0.411. The molecule has 0 aliphatic rings. The third-order valence-electron chi connectivity index (χ3n) is 3.14. The molecule has 1 heterocycles. The van der Waals surface area contributed by atoms with E-state index in [2.05, 4.69) is 9.97 Å². The Morgan fingerprint density at radius 1 is 1.05 bits per heavy atom. The highest BCUT2D eigenvalue weighted by Crippen LogP contribution is 2.37. The average Bonchev–Trinajstić information content (AvgIpc) is 2.85. The second-order valence-corrected chi connectivity index (χ2v) is 4.59. The molecule has 7 nitrogen and oxygen atoms in total. The number of H-pyrrole nitrogens is 1. The number of amidine groups is 1. The third kappa shape index (κ3) is 2.10. The average molecular weight is 284 g/mol. The topological polar surface area (TPSA) is 139 Å². The Hall–Kier alpha value is -3.22. The van der Waals surface area contributed by atoms with Gasteiger partial charge in [0.15, 0.2) is 11.5 Å². The first-order valence-electron chi connectivity index (χ1n) is 6.05. The second-order valence-electron chi connectivity index (χ2n) is 4.59. The van der Waals surface area contributed by atoms with Crippen molar-refractivity contribution < 1.29 is 15.3 Å². The maximum absolute atomic E-state index is 9.85. The van der Waals surface area contributed by atoms with Crippen molar-refractivity contribution in [1.29, 1.82) is 5.41 Å². The number of aromatic hydroxyl groups is 3. The molecule has 106 valence electrons.